The molecular formula is C14H19N5O2. The number of carbonyl (C=O) groups is 2. The van der Waals surface area contributed by atoms with Crippen LogP contribution < -0.4 is 4.90 Å². The Kier molecular flexibility index (Phi) is 3.07. The van der Waals surface area contributed by atoms with Gasteiger partial charge in [-0.25, -0.2) is 14.9 Å². The number of nitrogens with one attached hydrogen (secondary N) is 1. The fourth-order valence-corrected chi connectivity index (χ4v) is 2.48. The molecule has 0 atom stereocenters. The molecule has 0 unspecified atom stereocenters. The number of amides is 2. The second-order valence-electron chi connectivity index (χ2n) is 5.94. The smallest absolute Gasteiger partial charge is 0.283 e. The van der Waals surface area contributed by atoms with E-state index in [9.17, 15) is 9.59 Å². The van der Waals surface area contributed by atoms with Crippen molar-refractivity contribution in [1.29, 1.82) is 0 Å². The number of aromatic amines is 1. The highest BCUT2D eigenvalue weighted by atomic mass is 16.2. The van der Waals surface area contributed by atoms with Gasteiger partial charge in [0, 0.05) is 18.4 Å². The number of fused-ring (bicyclic) bond motifs is 2. The number of nitrogens with zero attached hydrogens (tertiary/aromatic N) is 4. The number of anilines is 1. The Morgan fingerprint density at radius 1 is 1.29 bits per heavy atom. The Morgan fingerprint density at radius 2 is 2.00 bits per heavy atom. The SMILES string of the molecule is CC(C)C(=O)N1C2=NCCN2C(=O)c2nc(C(C)C)[nH]c21. The lowest BCUT2D eigenvalue weighted by atomic mass is 10.1. The molecule has 1 aromatic rings. The highest BCUT2D eigenvalue weighted by molar-refractivity contribution is 6.27. The van der Waals surface area contributed by atoms with Crippen LogP contribution in [0.4, 0.5) is 5.82 Å². The van der Waals surface area contributed by atoms with E-state index in [2.05, 4.69) is 15.0 Å². The molecule has 2 amide bonds. The molecular weight excluding hydrogens is 270 g/mol. The number of imidazole rings is 1. The van der Waals surface area contributed by atoms with E-state index in [1.165, 1.54) is 9.80 Å². The van der Waals surface area contributed by atoms with Gasteiger partial charge in [-0.2, -0.15) is 0 Å². The Morgan fingerprint density at radius 3 is 2.62 bits per heavy atom. The fourth-order valence-electron chi connectivity index (χ4n) is 2.48. The molecule has 0 spiro atoms. The molecule has 1 aromatic heterocycles. The summed E-state index contributed by atoms with van der Waals surface area (Å²) in [4.78, 5) is 39.9. The van der Waals surface area contributed by atoms with E-state index in [0.717, 1.165) is 0 Å². The summed E-state index contributed by atoms with van der Waals surface area (Å²) in [6.07, 6.45) is 0. The lowest BCUT2D eigenvalue weighted by molar-refractivity contribution is -0.120. The predicted octanol–water partition coefficient (Wildman–Crippen LogP) is 1.35. The average molecular weight is 289 g/mol. The van der Waals surface area contributed by atoms with E-state index < -0.39 is 0 Å². The third kappa shape index (κ3) is 1.95. The van der Waals surface area contributed by atoms with Gasteiger partial charge < -0.3 is 4.98 Å². The minimum absolute atomic E-state index is 0.0895. The van der Waals surface area contributed by atoms with Gasteiger partial charge in [-0.1, -0.05) is 27.7 Å². The maximum absolute atomic E-state index is 12.5. The fraction of sp³-hybridized carbons (Fsp3) is 0.571. The van der Waals surface area contributed by atoms with Gasteiger partial charge in [-0.15, -0.1) is 0 Å². The lowest BCUT2D eigenvalue weighted by Gasteiger charge is -2.32. The highest BCUT2D eigenvalue weighted by Crippen LogP contribution is 2.31. The monoisotopic (exact) mass is 289 g/mol. The number of rotatable bonds is 2. The van der Waals surface area contributed by atoms with Gasteiger partial charge in [0.2, 0.25) is 11.9 Å². The van der Waals surface area contributed by atoms with Gasteiger partial charge in [-0.3, -0.25) is 14.5 Å². The number of hydrogen-bond donors (Lipinski definition) is 1. The zero-order valence-corrected chi connectivity index (χ0v) is 12.7. The normalized spacial score (nSPS) is 17.4. The summed E-state index contributed by atoms with van der Waals surface area (Å²) < 4.78 is 0. The molecule has 21 heavy (non-hydrogen) atoms. The molecule has 3 heterocycles. The number of aliphatic imine (C=N–C) groups is 1. The molecule has 0 radical (unpaired) electrons. The number of carbonyl (C=O) groups excluding carboxylic acids is 2. The number of hydrogen-bond acceptors (Lipinski definition) is 4. The summed E-state index contributed by atoms with van der Waals surface area (Å²) in [5, 5.41) is 0. The lowest BCUT2D eigenvalue weighted by Crippen LogP contribution is -2.53. The van der Waals surface area contributed by atoms with Crippen LogP contribution in [0.25, 0.3) is 0 Å². The van der Waals surface area contributed by atoms with E-state index in [0.29, 0.717) is 36.4 Å². The van der Waals surface area contributed by atoms with Crippen LogP contribution in [-0.4, -0.2) is 45.7 Å². The summed E-state index contributed by atoms with van der Waals surface area (Å²) >= 11 is 0. The maximum atomic E-state index is 12.5. The van der Waals surface area contributed by atoms with Crippen molar-refractivity contribution in [2.75, 3.05) is 18.0 Å². The molecule has 2 aliphatic heterocycles. The van der Waals surface area contributed by atoms with Crippen LogP contribution >= 0.6 is 0 Å². The minimum Gasteiger partial charge on any atom is -0.327 e. The molecule has 7 heteroatoms. The first-order valence-corrected chi connectivity index (χ1v) is 7.22. The number of aromatic nitrogens is 2. The van der Waals surface area contributed by atoms with Crippen LogP contribution in [0.2, 0.25) is 0 Å². The van der Waals surface area contributed by atoms with E-state index in [1.54, 1.807) is 0 Å². The zero-order chi connectivity index (χ0) is 15.3. The van der Waals surface area contributed by atoms with Crippen LogP contribution in [0.15, 0.2) is 4.99 Å². The molecule has 112 valence electrons. The Bertz CT molecular complexity index is 644. The minimum atomic E-state index is -0.193. The first kappa shape index (κ1) is 13.8. The summed E-state index contributed by atoms with van der Waals surface area (Å²) in [5.74, 6) is 1.27. The molecule has 0 bridgehead atoms. The average Bonchev–Trinajstić information content (AvgIpc) is 3.05. The molecule has 0 saturated carbocycles. The molecule has 0 aliphatic carbocycles. The van der Waals surface area contributed by atoms with Gasteiger partial charge >= 0.3 is 0 Å². The first-order valence-electron chi connectivity index (χ1n) is 7.22. The Balaban J connectivity index is 2.16. The van der Waals surface area contributed by atoms with Crippen molar-refractivity contribution in [3.8, 4) is 0 Å². The Labute approximate surface area is 123 Å². The molecule has 2 aliphatic rings. The highest BCUT2D eigenvalue weighted by Gasteiger charge is 2.43. The predicted molar refractivity (Wildman–Crippen MR) is 78.3 cm³/mol. The summed E-state index contributed by atoms with van der Waals surface area (Å²) in [6, 6.07) is 0. The van der Waals surface area contributed by atoms with Crippen molar-refractivity contribution in [2.24, 2.45) is 10.9 Å². The molecule has 0 saturated heterocycles. The number of H-pyrrole nitrogens is 1. The van der Waals surface area contributed by atoms with Gasteiger partial charge in [-0.05, 0) is 0 Å². The van der Waals surface area contributed by atoms with Crippen molar-refractivity contribution in [1.82, 2.24) is 14.9 Å². The second kappa shape index (κ2) is 4.68. The topological polar surface area (TPSA) is 81.7 Å². The maximum Gasteiger partial charge on any atom is 0.283 e. The van der Waals surface area contributed by atoms with Crippen molar-refractivity contribution in [3.05, 3.63) is 11.5 Å². The summed E-state index contributed by atoms with van der Waals surface area (Å²) in [7, 11) is 0. The first-order chi connectivity index (χ1) is 9.91. The standard InChI is InChI=1S/C14H19N5O2/c1-7(2)10-16-9-11(17-10)19(12(20)8(3)4)14-15-5-6-18(14)13(9)21/h7-8H,5-6H2,1-4H3,(H,16,17). The third-order valence-electron chi connectivity index (χ3n) is 3.65. The Hall–Kier alpha value is -2.18. The van der Waals surface area contributed by atoms with Crippen molar-refractivity contribution < 1.29 is 9.59 Å². The van der Waals surface area contributed by atoms with E-state index in [4.69, 9.17) is 0 Å². The second-order valence-corrected chi connectivity index (χ2v) is 5.94. The quantitative estimate of drug-likeness (QED) is 0.892. The van der Waals surface area contributed by atoms with Crippen LogP contribution in [0.3, 0.4) is 0 Å². The molecule has 0 fully saturated rings. The van der Waals surface area contributed by atoms with E-state index in [1.807, 2.05) is 27.7 Å². The molecule has 3 rings (SSSR count). The van der Waals surface area contributed by atoms with E-state index >= 15 is 0 Å². The third-order valence-corrected chi connectivity index (χ3v) is 3.65. The van der Waals surface area contributed by atoms with Gasteiger partial charge in [0.25, 0.3) is 5.91 Å². The van der Waals surface area contributed by atoms with Crippen LogP contribution in [-0.2, 0) is 4.79 Å². The van der Waals surface area contributed by atoms with Crippen LogP contribution in [0, 0.1) is 5.92 Å². The molecule has 0 aromatic carbocycles. The van der Waals surface area contributed by atoms with Gasteiger partial charge in [0.15, 0.2) is 11.5 Å². The van der Waals surface area contributed by atoms with Gasteiger partial charge in [0.1, 0.15) is 5.82 Å². The number of guanidine groups is 1. The summed E-state index contributed by atoms with van der Waals surface area (Å²) in [6.45, 7) is 8.66. The van der Waals surface area contributed by atoms with Crippen LogP contribution in [0.5, 0.6) is 0 Å². The molecule has 7 nitrogen and oxygen atoms in total. The zero-order valence-electron chi connectivity index (χ0n) is 12.7. The van der Waals surface area contributed by atoms with Crippen molar-refractivity contribution >= 4 is 23.6 Å². The largest absolute Gasteiger partial charge is 0.327 e. The molecule has 1 N–H and O–H groups in total. The van der Waals surface area contributed by atoms with E-state index in [-0.39, 0.29) is 23.7 Å². The summed E-state index contributed by atoms with van der Waals surface area (Å²) in [5.41, 5.74) is 0.313. The van der Waals surface area contributed by atoms with Crippen molar-refractivity contribution in [2.45, 2.75) is 33.6 Å². The van der Waals surface area contributed by atoms with Gasteiger partial charge in [0.05, 0.1) is 6.54 Å². The van der Waals surface area contributed by atoms with Crippen molar-refractivity contribution in [3.63, 3.8) is 0 Å². The van der Waals surface area contributed by atoms with Crippen LogP contribution in [0.1, 0.15) is 49.9 Å².